The number of ether oxygens (including phenoxy) is 1. The minimum absolute atomic E-state index is 0.00778. The van der Waals surface area contributed by atoms with Crippen LogP contribution in [0.2, 0.25) is 0 Å². The van der Waals surface area contributed by atoms with E-state index in [1.807, 2.05) is 6.08 Å². The number of fused-ring (bicyclic) bond motifs is 1. The number of allylic oxidation sites excluding steroid dienone is 1. The molecule has 3 unspecified atom stereocenters. The fraction of sp³-hybridized carbons (Fsp3) is 0.583. The monoisotopic (exact) mass is 192 g/mol. The predicted molar refractivity (Wildman–Crippen MR) is 54.7 cm³/mol. The highest BCUT2D eigenvalue weighted by molar-refractivity contribution is 5.91. The fourth-order valence-corrected chi connectivity index (χ4v) is 2.75. The van der Waals surface area contributed by atoms with Gasteiger partial charge in [0, 0.05) is 11.5 Å². The van der Waals surface area contributed by atoms with Gasteiger partial charge in [0.05, 0.1) is 0 Å². The van der Waals surface area contributed by atoms with Crippen LogP contribution >= 0.6 is 0 Å². The summed E-state index contributed by atoms with van der Waals surface area (Å²) in [5.41, 5.74) is 0.628. The molecule has 2 fully saturated rings. The average molecular weight is 192 g/mol. The van der Waals surface area contributed by atoms with Gasteiger partial charge in [0.25, 0.3) is 0 Å². The molecule has 2 rings (SSSR count). The molecule has 1 aliphatic heterocycles. The molecule has 0 radical (unpaired) electrons. The van der Waals surface area contributed by atoms with Gasteiger partial charge in [-0.3, -0.25) is 0 Å². The Morgan fingerprint density at radius 3 is 3.00 bits per heavy atom. The summed E-state index contributed by atoms with van der Waals surface area (Å²) in [7, 11) is 0. The molecule has 1 saturated heterocycles. The molecule has 1 heterocycles. The minimum atomic E-state index is -0.213. The van der Waals surface area contributed by atoms with Crippen molar-refractivity contribution in [3.8, 4) is 0 Å². The summed E-state index contributed by atoms with van der Waals surface area (Å²) < 4.78 is 5.29. The fourth-order valence-electron chi connectivity index (χ4n) is 2.75. The van der Waals surface area contributed by atoms with Gasteiger partial charge in [-0.2, -0.15) is 0 Å². The second-order valence-electron chi connectivity index (χ2n) is 4.55. The zero-order valence-corrected chi connectivity index (χ0v) is 8.58. The number of esters is 1. The van der Waals surface area contributed by atoms with E-state index in [-0.39, 0.29) is 23.4 Å². The van der Waals surface area contributed by atoms with Crippen molar-refractivity contribution >= 4 is 5.97 Å². The number of hydrogen-bond acceptors (Lipinski definition) is 2. The molecule has 0 amide bonds. The number of carbonyl (C=O) groups is 1. The maximum absolute atomic E-state index is 11.4. The highest BCUT2D eigenvalue weighted by Crippen LogP contribution is 2.49. The summed E-state index contributed by atoms with van der Waals surface area (Å²) >= 11 is 0. The van der Waals surface area contributed by atoms with Crippen molar-refractivity contribution in [2.45, 2.75) is 32.3 Å². The summed E-state index contributed by atoms with van der Waals surface area (Å²) in [4.78, 5) is 11.4. The van der Waals surface area contributed by atoms with Crippen molar-refractivity contribution in [1.82, 2.24) is 0 Å². The van der Waals surface area contributed by atoms with E-state index < -0.39 is 0 Å². The second-order valence-corrected chi connectivity index (χ2v) is 4.55. The first-order valence-electron chi connectivity index (χ1n) is 5.12. The van der Waals surface area contributed by atoms with E-state index in [9.17, 15) is 4.79 Å². The zero-order chi connectivity index (χ0) is 10.3. The van der Waals surface area contributed by atoms with Gasteiger partial charge in [-0.05, 0) is 24.7 Å². The lowest BCUT2D eigenvalue weighted by molar-refractivity contribution is -0.140. The molecule has 0 aromatic rings. The van der Waals surface area contributed by atoms with Crippen LogP contribution in [0.15, 0.2) is 24.8 Å². The first kappa shape index (κ1) is 9.50. The Hall–Kier alpha value is -1.05. The van der Waals surface area contributed by atoms with E-state index in [2.05, 4.69) is 20.1 Å². The largest absolute Gasteiger partial charge is 0.458 e. The molecule has 14 heavy (non-hydrogen) atoms. The molecule has 2 heteroatoms. The summed E-state index contributed by atoms with van der Waals surface area (Å²) in [6.45, 7) is 9.85. The molecule has 0 aromatic heterocycles. The Kier molecular flexibility index (Phi) is 2.02. The van der Waals surface area contributed by atoms with E-state index in [1.54, 1.807) is 0 Å². The van der Waals surface area contributed by atoms with E-state index in [0.717, 1.165) is 19.3 Å². The molecule has 2 aliphatic rings. The molecule has 1 saturated carbocycles. The highest BCUT2D eigenvalue weighted by atomic mass is 16.6. The second kappa shape index (κ2) is 2.97. The van der Waals surface area contributed by atoms with Crippen molar-refractivity contribution in [2.75, 3.05) is 0 Å². The van der Waals surface area contributed by atoms with Crippen LogP contribution in [0.1, 0.15) is 26.2 Å². The summed E-state index contributed by atoms with van der Waals surface area (Å²) in [5.74, 6) is -0.0591. The lowest BCUT2D eigenvalue weighted by Gasteiger charge is -2.39. The topological polar surface area (TPSA) is 26.3 Å². The van der Waals surface area contributed by atoms with Gasteiger partial charge in [-0.1, -0.05) is 19.6 Å². The quantitative estimate of drug-likeness (QED) is 0.362. The molecule has 1 aliphatic carbocycles. The van der Waals surface area contributed by atoms with Crippen LogP contribution in [0.3, 0.4) is 0 Å². The SMILES string of the molecule is C=CC1(C)CCCC2OC(=O)C(=C)C21. The Morgan fingerprint density at radius 1 is 1.64 bits per heavy atom. The van der Waals surface area contributed by atoms with Crippen molar-refractivity contribution in [3.63, 3.8) is 0 Å². The van der Waals surface area contributed by atoms with E-state index >= 15 is 0 Å². The molecule has 2 nitrogen and oxygen atoms in total. The molecule has 76 valence electrons. The minimum Gasteiger partial charge on any atom is -0.458 e. The molecule has 0 aromatic carbocycles. The van der Waals surface area contributed by atoms with Crippen LogP contribution in [0.5, 0.6) is 0 Å². The van der Waals surface area contributed by atoms with E-state index in [1.165, 1.54) is 0 Å². The lowest BCUT2D eigenvalue weighted by Crippen LogP contribution is -2.36. The van der Waals surface area contributed by atoms with Crippen molar-refractivity contribution < 1.29 is 9.53 Å². The van der Waals surface area contributed by atoms with Crippen molar-refractivity contribution in [3.05, 3.63) is 24.8 Å². The highest BCUT2D eigenvalue weighted by Gasteiger charge is 2.49. The van der Waals surface area contributed by atoms with Crippen LogP contribution in [0.25, 0.3) is 0 Å². The summed E-state index contributed by atoms with van der Waals surface area (Å²) in [6.07, 6.45) is 5.15. The van der Waals surface area contributed by atoms with Crippen LogP contribution in [0, 0.1) is 11.3 Å². The molecular formula is C12H16O2. The molecule has 0 bridgehead atoms. The Bertz CT molecular complexity index is 305. The van der Waals surface area contributed by atoms with Crippen LogP contribution in [-0.2, 0) is 9.53 Å². The van der Waals surface area contributed by atoms with Gasteiger partial charge in [0.2, 0.25) is 0 Å². The smallest absolute Gasteiger partial charge is 0.334 e. The van der Waals surface area contributed by atoms with Crippen molar-refractivity contribution in [1.29, 1.82) is 0 Å². The Balaban J connectivity index is 2.36. The Morgan fingerprint density at radius 2 is 2.36 bits per heavy atom. The molecule has 3 atom stereocenters. The first-order valence-corrected chi connectivity index (χ1v) is 5.12. The third kappa shape index (κ3) is 1.13. The average Bonchev–Trinajstić information content (AvgIpc) is 2.44. The Labute approximate surface area is 84.6 Å². The number of carbonyl (C=O) groups excluding carboxylic acids is 1. The summed E-state index contributed by atoms with van der Waals surface area (Å²) in [5, 5.41) is 0. The van der Waals surface area contributed by atoms with Gasteiger partial charge >= 0.3 is 5.97 Å². The molecule has 0 spiro atoms. The number of hydrogen-bond donors (Lipinski definition) is 0. The molecular weight excluding hydrogens is 176 g/mol. The third-order valence-corrected chi connectivity index (χ3v) is 3.65. The maximum Gasteiger partial charge on any atom is 0.334 e. The van der Waals surface area contributed by atoms with E-state index in [4.69, 9.17) is 4.74 Å². The van der Waals surface area contributed by atoms with Crippen LogP contribution < -0.4 is 0 Å². The lowest BCUT2D eigenvalue weighted by atomic mass is 9.65. The first-order chi connectivity index (χ1) is 6.58. The van der Waals surface area contributed by atoms with Crippen LogP contribution in [-0.4, -0.2) is 12.1 Å². The normalized spacial score (nSPS) is 41.8. The van der Waals surface area contributed by atoms with Gasteiger partial charge < -0.3 is 4.74 Å². The zero-order valence-electron chi connectivity index (χ0n) is 8.58. The molecule has 0 N–H and O–H groups in total. The van der Waals surface area contributed by atoms with E-state index in [0.29, 0.717) is 5.57 Å². The van der Waals surface area contributed by atoms with Crippen LogP contribution in [0.4, 0.5) is 0 Å². The number of rotatable bonds is 1. The predicted octanol–water partition coefficient (Wildman–Crippen LogP) is 2.46. The standard InChI is InChI=1S/C12H16O2/c1-4-12(3)7-5-6-9-10(12)8(2)11(13)14-9/h4,9-10H,1-2,5-7H2,3H3. The maximum atomic E-state index is 11.4. The van der Waals surface area contributed by atoms with Gasteiger partial charge in [-0.15, -0.1) is 6.58 Å². The van der Waals surface area contributed by atoms with Gasteiger partial charge in [-0.25, -0.2) is 4.79 Å². The van der Waals surface area contributed by atoms with Gasteiger partial charge in [0.15, 0.2) is 0 Å². The van der Waals surface area contributed by atoms with Gasteiger partial charge in [0.1, 0.15) is 6.10 Å². The van der Waals surface area contributed by atoms with Crippen molar-refractivity contribution in [2.24, 2.45) is 11.3 Å². The summed E-state index contributed by atoms with van der Waals surface area (Å²) in [6, 6.07) is 0. The third-order valence-electron chi connectivity index (χ3n) is 3.65.